The molecule has 0 saturated carbocycles. The first kappa shape index (κ1) is 13.1. The van der Waals surface area contributed by atoms with Gasteiger partial charge in [0.05, 0.1) is 6.10 Å². The lowest BCUT2D eigenvalue weighted by atomic mass is 9.89. The van der Waals surface area contributed by atoms with Crippen LogP contribution in [-0.4, -0.2) is 10.1 Å². The van der Waals surface area contributed by atoms with E-state index in [4.69, 9.17) is 4.74 Å². The Balaban J connectivity index is 1.73. The van der Waals surface area contributed by atoms with Crippen molar-refractivity contribution < 1.29 is 9.84 Å². The zero-order valence-electron chi connectivity index (χ0n) is 11.7. The molecule has 2 aromatic rings. The summed E-state index contributed by atoms with van der Waals surface area (Å²) in [6.45, 7) is 2.52. The van der Waals surface area contributed by atoms with Crippen molar-refractivity contribution >= 4 is 0 Å². The summed E-state index contributed by atoms with van der Waals surface area (Å²) in [6, 6.07) is 8.10. The highest BCUT2D eigenvalue weighted by Gasteiger charge is 2.18. The highest BCUT2D eigenvalue weighted by atomic mass is 16.5. The molecule has 0 fully saturated rings. The van der Waals surface area contributed by atoms with E-state index in [0.717, 1.165) is 41.7 Å². The molecule has 0 amide bonds. The average Bonchev–Trinajstić information content (AvgIpc) is 2.46. The van der Waals surface area contributed by atoms with Crippen molar-refractivity contribution in [2.24, 2.45) is 0 Å². The van der Waals surface area contributed by atoms with Gasteiger partial charge in [0.15, 0.2) is 0 Å². The van der Waals surface area contributed by atoms with Gasteiger partial charge in [-0.3, -0.25) is 4.98 Å². The number of rotatable bonds is 3. The maximum atomic E-state index is 10.0. The summed E-state index contributed by atoms with van der Waals surface area (Å²) in [4.78, 5) is 4.16. The molecule has 1 aliphatic carbocycles. The molecule has 3 nitrogen and oxygen atoms in total. The third kappa shape index (κ3) is 2.83. The fourth-order valence-corrected chi connectivity index (χ4v) is 2.71. The van der Waals surface area contributed by atoms with Crippen LogP contribution in [0.3, 0.4) is 0 Å². The van der Waals surface area contributed by atoms with Crippen molar-refractivity contribution in [3.05, 3.63) is 58.9 Å². The van der Waals surface area contributed by atoms with Crippen LogP contribution >= 0.6 is 0 Å². The van der Waals surface area contributed by atoms with Gasteiger partial charge in [-0.25, -0.2) is 0 Å². The predicted molar refractivity (Wildman–Crippen MR) is 77.6 cm³/mol. The molecule has 104 valence electrons. The van der Waals surface area contributed by atoms with Gasteiger partial charge in [0.2, 0.25) is 0 Å². The number of benzene rings is 1. The van der Waals surface area contributed by atoms with E-state index in [1.165, 1.54) is 5.56 Å². The molecular formula is C17H19NO2. The van der Waals surface area contributed by atoms with E-state index < -0.39 is 0 Å². The Bertz CT molecular complexity index is 610. The van der Waals surface area contributed by atoms with E-state index >= 15 is 0 Å². The molecule has 1 aliphatic rings. The molecule has 20 heavy (non-hydrogen) atoms. The van der Waals surface area contributed by atoms with Crippen molar-refractivity contribution in [2.75, 3.05) is 0 Å². The van der Waals surface area contributed by atoms with Crippen LogP contribution in [0.2, 0.25) is 0 Å². The highest BCUT2D eigenvalue weighted by Crippen LogP contribution is 2.32. The first-order valence-corrected chi connectivity index (χ1v) is 7.06. The molecule has 0 radical (unpaired) electrons. The molecule has 0 bridgehead atoms. The molecule has 1 atom stereocenters. The van der Waals surface area contributed by atoms with Crippen molar-refractivity contribution in [1.29, 1.82) is 0 Å². The standard InChI is InChI=1S/C17H19NO2/c1-12-7-13(10-18-9-12)11-20-15-6-5-14-3-2-4-17(19)16(14)8-15/h5-10,17,19H,2-4,11H2,1H3/t17-/m1/s1. The van der Waals surface area contributed by atoms with E-state index in [2.05, 4.69) is 17.1 Å². The van der Waals surface area contributed by atoms with Gasteiger partial charge >= 0.3 is 0 Å². The van der Waals surface area contributed by atoms with Crippen LogP contribution in [-0.2, 0) is 13.0 Å². The molecule has 3 heteroatoms. The van der Waals surface area contributed by atoms with Crippen molar-refractivity contribution in [1.82, 2.24) is 4.98 Å². The maximum absolute atomic E-state index is 10.0. The highest BCUT2D eigenvalue weighted by molar-refractivity contribution is 5.38. The van der Waals surface area contributed by atoms with Crippen LogP contribution in [0.15, 0.2) is 36.7 Å². The van der Waals surface area contributed by atoms with Crippen molar-refractivity contribution in [3.63, 3.8) is 0 Å². The summed E-state index contributed by atoms with van der Waals surface area (Å²) in [5.74, 6) is 0.811. The Kier molecular flexibility index (Phi) is 3.70. The zero-order chi connectivity index (χ0) is 13.9. The summed E-state index contributed by atoms with van der Waals surface area (Å²) < 4.78 is 5.81. The fourth-order valence-electron chi connectivity index (χ4n) is 2.71. The number of nitrogens with zero attached hydrogens (tertiary/aromatic N) is 1. The molecule has 0 unspecified atom stereocenters. The molecule has 3 rings (SSSR count). The quantitative estimate of drug-likeness (QED) is 0.929. The lowest BCUT2D eigenvalue weighted by Crippen LogP contribution is -2.09. The largest absolute Gasteiger partial charge is 0.489 e. The summed E-state index contributed by atoms with van der Waals surface area (Å²) >= 11 is 0. The lowest BCUT2D eigenvalue weighted by molar-refractivity contribution is 0.156. The van der Waals surface area contributed by atoms with Gasteiger partial charge in [0.1, 0.15) is 12.4 Å². The number of ether oxygens (including phenoxy) is 1. The SMILES string of the molecule is Cc1cncc(COc2ccc3c(c2)[C@H](O)CCC3)c1. The second-order valence-electron chi connectivity index (χ2n) is 5.43. The number of fused-ring (bicyclic) bond motifs is 1. The number of aryl methyl sites for hydroxylation is 2. The molecule has 0 saturated heterocycles. The maximum Gasteiger partial charge on any atom is 0.120 e. The summed E-state index contributed by atoms with van der Waals surface area (Å²) in [5, 5.41) is 10.0. The van der Waals surface area contributed by atoms with Gasteiger partial charge in [0, 0.05) is 18.0 Å². The van der Waals surface area contributed by atoms with Gasteiger partial charge in [-0.15, -0.1) is 0 Å². The summed E-state index contributed by atoms with van der Waals surface area (Å²) in [6.07, 6.45) is 6.26. The van der Waals surface area contributed by atoms with Crippen LogP contribution in [0.1, 0.15) is 41.2 Å². The summed E-state index contributed by atoms with van der Waals surface area (Å²) in [7, 11) is 0. The predicted octanol–water partition coefficient (Wildman–Crippen LogP) is 3.34. The fraction of sp³-hybridized carbons (Fsp3) is 0.353. The topological polar surface area (TPSA) is 42.4 Å². The average molecular weight is 269 g/mol. The van der Waals surface area contributed by atoms with Crippen LogP contribution in [0.4, 0.5) is 0 Å². The minimum Gasteiger partial charge on any atom is -0.489 e. The Morgan fingerprint density at radius 1 is 1.30 bits per heavy atom. The monoisotopic (exact) mass is 269 g/mol. The third-order valence-electron chi connectivity index (χ3n) is 3.74. The van der Waals surface area contributed by atoms with Crippen molar-refractivity contribution in [3.8, 4) is 5.75 Å². The summed E-state index contributed by atoms with van der Waals surface area (Å²) in [5.41, 5.74) is 4.46. The number of pyridine rings is 1. The molecule has 1 aromatic carbocycles. The minimum absolute atomic E-state index is 0.345. The normalized spacial score (nSPS) is 17.6. The van der Waals surface area contributed by atoms with Crippen LogP contribution < -0.4 is 4.74 Å². The first-order chi connectivity index (χ1) is 9.72. The Labute approximate surface area is 119 Å². The van der Waals surface area contributed by atoms with Gasteiger partial charge in [0.25, 0.3) is 0 Å². The van der Waals surface area contributed by atoms with Gasteiger partial charge in [-0.1, -0.05) is 6.07 Å². The Morgan fingerprint density at radius 2 is 2.20 bits per heavy atom. The van der Waals surface area contributed by atoms with E-state index in [9.17, 15) is 5.11 Å². The zero-order valence-corrected chi connectivity index (χ0v) is 11.7. The Morgan fingerprint density at radius 3 is 3.05 bits per heavy atom. The number of aliphatic hydroxyl groups is 1. The molecule has 1 aromatic heterocycles. The molecule has 1 N–H and O–H groups in total. The van der Waals surface area contributed by atoms with Gasteiger partial charge in [-0.05, 0) is 61.1 Å². The smallest absolute Gasteiger partial charge is 0.120 e. The van der Waals surface area contributed by atoms with E-state index in [1.807, 2.05) is 31.5 Å². The Hall–Kier alpha value is -1.87. The number of hydrogen-bond donors (Lipinski definition) is 1. The van der Waals surface area contributed by atoms with Crippen molar-refractivity contribution in [2.45, 2.75) is 38.9 Å². The van der Waals surface area contributed by atoms with E-state index in [1.54, 1.807) is 0 Å². The second kappa shape index (κ2) is 5.63. The first-order valence-electron chi connectivity index (χ1n) is 7.06. The number of aliphatic hydroxyl groups excluding tert-OH is 1. The number of aromatic nitrogens is 1. The molecular weight excluding hydrogens is 250 g/mol. The van der Waals surface area contributed by atoms with Gasteiger partial charge < -0.3 is 9.84 Å². The second-order valence-corrected chi connectivity index (χ2v) is 5.43. The third-order valence-corrected chi connectivity index (χ3v) is 3.74. The van der Waals surface area contributed by atoms with Crippen LogP contribution in [0.25, 0.3) is 0 Å². The van der Waals surface area contributed by atoms with E-state index in [-0.39, 0.29) is 6.10 Å². The van der Waals surface area contributed by atoms with Gasteiger partial charge in [-0.2, -0.15) is 0 Å². The molecule has 1 heterocycles. The lowest BCUT2D eigenvalue weighted by Gasteiger charge is -2.22. The minimum atomic E-state index is -0.345. The van der Waals surface area contributed by atoms with Crippen LogP contribution in [0.5, 0.6) is 5.75 Å². The van der Waals surface area contributed by atoms with E-state index in [0.29, 0.717) is 6.61 Å². The van der Waals surface area contributed by atoms with Crippen LogP contribution in [0, 0.1) is 6.92 Å². The number of hydrogen-bond acceptors (Lipinski definition) is 3. The molecule has 0 aliphatic heterocycles. The molecule has 0 spiro atoms.